The van der Waals surface area contributed by atoms with Crippen molar-refractivity contribution >= 4 is 11.5 Å². The van der Waals surface area contributed by atoms with Gasteiger partial charge in [0.25, 0.3) is 0 Å². The number of likely N-dealkylation sites (tertiary alicyclic amines) is 1. The molecule has 0 aromatic heterocycles. The average molecular weight is 406 g/mol. The van der Waals surface area contributed by atoms with E-state index in [4.69, 9.17) is 4.74 Å². The second-order valence-corrected chi connectivity index (χ2v) is 8.34. The molecule has 2 aliphatic rings. The number of hydrogen-bond donors (Lipinski definition) is 1. The molecule has 0 unspecified atom stereocenters. The lowest BCUT2D eigenvalue weighted by Crippen LogP contribution is -2.39. The van der Waals surface area contributed by atoms with Gasteiger partial charge in [0.15, 0.2) is 0 Å². The predicted molar refractivity (Wildman–Crippen MR) is 120 cm³/mol. The van der Waals surface area contributed by atoms with E-state index >= 15 is 0 Å². The molecule has 4 heteroatoms. The molecule has 0 saturated carbocycles. The maximum Gasteiger partial charge on any atom is 0.307 e. The first-order valence-corrected chi connectivity index (χ1v) is 11.1. The molecule has 1 aliphatic carbocycles. The van der Waals surface area contributed by atoms with Crippen molar-refractivity contribution in [2.24, 2.45) is 5.92 Å². The van der Waals surface area contributed by atoms with E-state index in [0.717, 1.165) is 45.2 Å². The number of nitrogens with zero attached hydrogens (tertiary/aromatic N) is 1. The summed E-state index contributed by atoms with van der Waals surface area (Å²) in [4.78, 5) is 13.5. The summed E-state index contributed by atoms with van der Waals surface area (Å²) in [6.45, 7) is 3.87. The van der Waals surface area contributed by atoms with Crippen molar-refractivity contribution in [3.8, 4) is 0 Å². The van der Waals surface area contributed by atoms with Crippen LogP contribution < -0.4 is 0 Å². The van der Waals surface area contributed by atoms with Crippen molar-refractivity contribution in [3.05, 3.63) is 76.9 Å². The number of hydrogen-bond acceptors (Lipinski definition) is 3. The van der Waals surface area contributed by atoms with Crippen molar-refractivity contribution in [3.63, 3.8) is 0 Å². The molecule has 1 atom stereocenters. The minimum Gasteiger partial charge on any atom is -0.481 e. The molecule has 1 heterocycles. The summed E-state index contributed by atoms with van der Waals surface area (Å²) in [5.74, 6) is -0.869. The highest BCUT2D eigenvalue weighted by molar-refractivity contribution is 5.84. The summed E-state index contributed by atoms with van der Waals surface area (Å²) in [7, 11) is 0. The molecular weight excluding hydrogens is 374 g/mol. The van der Waals surface area contributed by atoms with Crippen LogP contribution in [0.15, 0.2) is 54.6 Å². The number of ether oxygens (including phenoxy) is 1. The largest absolute Gasteiger partial charge is 0.481 e. The fourth-order valence-electron chi connectivity index (χ4n) is 4.71. The molecule has 30 heavy (non-hydrogen) atoms. The average Bonchev–Trinajstić information content (AvgIpc) is 2.93. The Hall–Kier alpha value is -2.43. The molecule has 2 aromatic rings. The molecule has 1 N–H and O–H groups in total. The molecule has 1 aliphatic heterocycles. The molecule has 0 bridgehead atoms. The standard InChI is InChI=1S/C26H31NO3/c28-26(29)22-9-5-15-27(19-22)16-6-17-30-18-14-25-23-10-3-1-7-20(23)12-13-21-8-2-4-11-24(21)25/h1-4,7-8,10-11,14,22H,5-6,9,12-13,15-19H2,(H,28,29)/t22-/m1/s1. The van der Waals surface area contributed by atoms with Gasteiger partial charge >= 0.3 is 5.97 Å². The van der Waals surface area contributed by atoms with Crippen molar-refractivity contribution < 1.29 is 14.6 Å². The summed E-state index contributed by atoms with van der Waals surface area (Å²) >= 11 is 0. The first-order valence-electron chi connectivity index (χ1n) is 11.1. The minimum absolute atomic E-state index is 0.209. The van der Waals surface area contributed by atoms with E-state index in [1.54, 1.807) is 0 Å². The highest BCUT2D eigenvalue weighted by Gasteiger charge is 2.24. The smallest absolute Gasteiger partial charge is 0.307 e. The van der Waals surface area contributed by atoms with Crippen LogP contribution in [0.5, 0.6) is 0 Å². The van der Waals surface area contributed by atoms with Crippen molar-refractivity contribution in [2.75, 3.05) is 32.8 Å². The number of rotatable bonds is 7. The maximum absolute atomic E-state index is 11.2. The molecule has 0 radical (unpaired) electrons. The fraction of sp³-hybridized carbons (Fsp3) is 0.423. The topological polar surface area (TPSA) is 49.8 Å². The van der Waals surface area contributed by atoms with Crippen molar-refractivity contribution in [2.45, 2.75) is 32.1 Å². The van der Waals surface area contributed by atoms with Crippen LogP contribution in [0.25, 0.3) is 5.57 Å². The quantitative estimate of drug-likeness (QED) is 0.693. The zero-order valence-corrected chi connectivity index (χ0v) is 17.6. The SMILES string of the molecule is O=C(O)[C@@H]1CCCN(CCCOCC=C2c3ccccc3CCc3ccccc32)C1. The summed E-state index contributed by atoms with van der Waals surface area (Å²) in [5.41, 5.74) is 6.72. The Labute approximate surface area is 179 Å². The zero-order valence-electron chi connectivity index (χ0n) is 17.6. The van der Waals surface area contributed by atoms with E-state index in [2.05, 4.69) is 59.5 Å². The third-order valence-electron chi connectivity index (χ3n) is 6.30. The number of carboxylic acids is 1. The Morgan fingerprint density at radius 2 is 1.73 bits per heavy atom. The van der Waals surface area contributed by atoms with Crippen LogP contribution in [-0.4, -0.2) is 48.8 Å². The molecule has 1 saturated heterocycles. The number of benzene rings is 2. The Morgan fingerprint density at radius 3 is 2.40 bits per heavy atom. The first-order chi connectivity index (χ1) is 14.7. The summed E-state index contributed by atoms with van der Waals surface area (Å²) < 4.78 is 5.95. The first kappa shape index (κ1) is 20.8. The van der Waals surface area contributed by atoms with Gasteiger partial charge < -0.3 is 14.7 Å². The van der Waals surface area contributed by atoms with Crippen molar-refractivity contribution in [1.29, 1.82) is 0 Å². The summed E-state index contributed by atoms with van der Waals surface area (Å²) in [5, 5.41) is 9.22. The normalized spacial score (nSPS) is 18.9. The Morgan fingerprint density at radius 1 is 1.07 bits per heavy atom. The van der Waals surface area contributed by atoms with Crippen LogP contribution in [0.2, 0.25) is 0 Å². The van der Waals surface area contributed by atoms with E-state index < -0.39 is 5.97 Å². The van der Waals surface area contributed by atoms with E-state index in [1.807, 2.05) is 0 Å². The van der Waals surface area contributed by atoms with Crippen LogP contribution in [0.1, 0.15) is 41.5 Å². The van der Waals surface area contributed by atoms with Gasteiger partial charge in [-0.25, -0.2) is 0 Å². The van der Waals surface area contributed by atoms with Crippen LogP contribution >= 0.6 is 0 Å². The molecular formula is C26H31NO3. The minimum atomic E-state index is -0.661. The highest BCUT2D eigenvalue weighted by Crippen LogP contribution is 2.33. The molecule has 0 spiro atoms. The van der Waals surface area contributed by atoms with Gasteiger partial charge in [0, 0.05) is 19.7 Å². The number of aliphatic carboxylic acids is 1. The number of carboxylic acid groups (broad SMARTS) is 1. The maximum atomic E-state index is 11.2. The number of piperidine rings is 1. The number of fused-ring (bicyclic) bond motifs is 2. The van der Waals surface area contributed by atoms with Crippen LogP contribution in [0.4, 0.5) is 0 Å². The van der Waals surface area contributed by atoms with Gasteiger partial charge in [0.05, 0.1) is 12.5 Å². The lowest BCUT2D eigenvalue weighted by molar-refractivity contribution is -0.143. The molecule has 4 rings (SSSR count). The lowest BCUT2D eigenvalue weighted by Gasteiger charge is -2.30. The number of aryl methyl sites for hydroxylation is 2. The van der Waals surface area contributed by atoms with Crippen molar-refractivity contribution in [1.82, 2.24) is 4.90 Å². The van der Waals surface area contributed by atoms with Gasteiger partial charge in [-0.2, -0.15) is 0 Å². The molecule has 1 fully saturated rings. The fourth-order valence-corrected chi connectivity index (χ4v) is 4.71. The van der Waals surface area contributed by atoms with E-state index in [9.17, 15) is 9.90 Å². The third kappa shape index (κ3) is 5.00. The van der Waals surface area contributed by atoms with E-state index in [1.165, 1.54) is 27.8 Å². The second-order valence-electron chi connectivity index (χ2n) is 8.34. The van der Waals surface area contributed by atoms with Gasteiger partial charge in [0.1, 0.15) is 0 Å². The predicted octanol–water partition coefficient (Wildman–Crippen LogP) is 4.42. The molecule has 0 amide bonds. The third-order valence-corrected chi connectivity index (χ3v) is 6.30. The summed E-state index contributed by atoms with van der Waals surface area (Å²) in [6, 6.07) is 17.4. The van der Waals surface area contributed by atoms with Gasteiger partial charge in [-0.05, 0) is 66.5 Å². The Bertz CT molecular complexity index is 855. The van der Waals surface area contributed by atoms with Gasteiger partial charge in [-0.3, -0.25) is 4.79 Å². The van der Waals surface area contributed by atoms with Gasteiger partial charge in [0.2, 0.25) is 0 Å². The molecule has 4 nitrogen and oxygen atoms in total. The van der Waals surface area contributed by atoms with Gasteiger partial charge in [-0.15, -0.1) is 0 Å². The monoisotopic (exact) mass is 405 g/mol. The van der Waals surface area contributed by atoms with Crippen LogP contribution in [0, 0.1) is 5.92 Å². The number of carbonyl (C=O) groups is 1. The van der Waals surface area contributed by atoms with Crippen LogP contribution in [-0.2, 0) is 22.4 Å². The van der Waals surface area contributed by atoms with E-state index in [0.29, 0.717) is 19.8 Å². The Balaban J connectivity index is 1.34. The van der Waals surface area contributed by atoms with E-state index in [-0.39, 0.29) is 5.92 Å². The van der Waals surface area contributed by atoms with Gasteiger partial charge in [-0.1, -0.05) is 54.6 Å². The summed E-state index contributed by atoms with van der Waals surface area (Å²) in [6.07, 6.45) is 7.08. The lowest BCUT2D eigenvalue weighted by atomic mass is 9.94. The molecule has 158 valence electrons. The zero-order chi connectivity index (χ0) is 20.8. The second kappa shape index (κ2) is 10.1. The molecule has 2 aromatic carbocycles. The Kier molecular flexibility index (Phi) is 6.98. The highest BCUT2D eigenvalue weighted by atomic mass is 16.5. The van der Waals surface area contributed by atoms with Crippen LogP contribution in [0.3, 0.4) is 0 Å².